The van der Waals surface area contributed by atoms with Crippen molar-refractivity contribution >= 4 is 15.7 Å². The minimum absolute atomic E-state index is 0.174. The molecule has 0 saturated heterocycles. The lowest BCUT2D eigenvalue weighted by atomic mass is 10.3. The van der Waals surface area contributed by atoms with Crippen molar-refractivity contribution in [3.05, 3.63) is 52.3 Å². The fraction of sp³-hybridized carbons (Fsp3) is 0.308. The van der Waals surface area contributed by atoms with Crippen LogP contribution in [-0.2, 0) is 16.6 Å². The maximum atomic E-state index is 12.1. The molecule has 118 valence electrons. The normalized spacial score (nSPS) is 11.5. The fourth-order valence-electron chi connectivity index (χ4n) is 1.98. The minimum atomic E-state index is -3.91. The average Bonchev–Trinajstić information content (AvgIpc) is 2.89. The molecule has 0 radical (unpaired) electrons. The maximum Gasteiger partial charge on any atom is 0.289 e. The summed E-state index contributed by atoms with van der Waals surface area (Å²) < 4.78 is 28.4. The molecule has 0 aliphatic heterocycles. The number of nitrogens with zero attached hydrogens (tertiary/aromatic N) is 3. The van der Waals surface area contributed by atoms with Crippen molar-refractivity contribution in [2.75, 3.05) is 6.54 Å². The monoisotopic (exact) mass is 324 g/mol. The van der Waals surface area contributed by atoms with Crippen LogP contribution < -0.4 is 4.72 Å². The maximum absolute atomic E-state index is 12.1. The van der Waals surface area contributed by atoms with Crippen LogP contribution in [0.2, 0.25) is 0 Å². The van der Waals surface area contributed by atoms with Gasteiger partial charge in [0, 0.05) is 31.0 Å². The number of nitrogens with one attached hydrogen (secondary N) is 1. The molecule has 0 saturated carbocycles. The molecular formula is C13H16N4O4S. The third-order valence-electron chi connectivity index (χ3n) is 3.12. The van der Waals surface area contributed by atoms with E-state index in [-0.39, 0.29) is 11.4 Å². The first-order valence-electron chi connectivity index (χ1n) is 6.63. The Labute approximate surface area is 128 Å². The average molecular weight is 324 g/mol. The van der Waals surface area contributed by atoms with Gasteiger partial charge in [-0.1, -0.05) is 12.1 Å². The highest BCUT2D eigenvalue weighted by atomic mass is 32.2. The summed E-state index contributed by atoms with van der Waals surface area (Å²) in [7, 11) is -3.91. The quantitative estimate of drug-likeness (QED) is 0.471. The van der Waals surface area contributed by atoms with E-state index < -0.39 is 20.6 Å². The number of aromatic nitrogens is 2. The first kappa shape index (κ1) is 16.1. The Kier molecular flexibility index (Phi) is 4.88. The second-order valence-corrected chi connectivity index (χ2v) is 6.41. The van der Waals surface area contributed by atoms with Gasteiger partial charge in [0.1, 0.15) is 0 Å². The number of aryl methyl sites for hydroxylation is 2. The van der Waals surface area contributed by atoms with Gasteiger partial charge >= 0.3 is 0 Å². The second kappa shape index (κ2) is 6.67. The molecule has 1 heterocycles. The first-order chi connectivity index (χ1) is 10.4. The van der Waals surface area contributed by atoms with Crippen molar-refractivity contribution in [1.29, 1.82) is 0 Å². The molecule has 0 amide bonds. The van der Waals surface area contributed by atoms with Crippen LogP contribution in [0, 0.1) is 17.0 Å². The molecule has 0 spiro atoms. The van der Waals surface area contributed by atoms with Gasteiger partial charge in [-0.3, -0.25) is 14.8 Å². The summed E-state index contributed by atoms with van der Waals surface area (Å²) in [5, 5.41) is 15.0. The highest BCUT2D eigenvalue weighted by Crippen LogP contribution is 2.22. The molecule has 0 unspecified atom stereocenters. The Balaban J connectivity index is 2.00. The molecule has 0 atom stereocenters. The molecule has 9 heteroatoms. The highest BCUT2D eigenvalue weighted by molar-refractivity contribution is 7.89. The van der Waals surface area contributed by atoms with Gasteiger partial charge in [0.2, 0.25) is 10.0 Å². The molecule has 2 rings (SSSR count). The number of nitro benzene ring substituents is 1. The molecule has 0 fully saturated rings. The number of hydrogen-bond acceptors (Lipinski definition) is 5. The summed E-state index contributed by atoms with van der Waals surface area (Å²) >= 11 is 0. The Bertz CT molecular complexity index is 770. The summed E-state index contributed by atoms with van der Waals surface area (Å²) in [6.45, 7) is 2.65. The van der Waals surface area contributed by atoms with E-state index in [0.717, 1.165) is 5.69 Å². The molecule has 0 aliphatic rings. The summed E-state index contributed by atoms with van der Waals surface area (Å²) in [5.41, 5.74) is 0.555. The van der Waals surface area contributed by atoms with Crippen LogP contribution in [-0.4, -0.2) is 29.7 Å². The Morgan fingerprint density at radius 1 is 1.32 bits per heavy atom. The van der Waals surface area contributed by atoms with Gasteiger partial charge in [-0.05, 0) is 25.5 Å². The Morgan fingerprint density at radius 3 is 2.68 bits per heavy atom. The van der Waals surface area contributed by atoms with Crippen LogP contribution >= 0.6 is 0 Å². The number of benzene rings is 1. The predicted octanol–water partition coefficient (Wildman–Crippen LogP) is 1.47. The molecule has 0 bridgehead atoms. The van der Waals surface area contributed by atoms with Crippen LogP contribution in [0.15, 0.2) is 41.4 Å². The van der Waals surface area contributed by atoms with Crippen molar-refractivity contribution in [3.63, 3.8) is 0 Å². The fourth-order valence-corrected chi connectivity index (χ4v) is 3.23. The zero-order valence-electron chi connectivity index (χ0n) is 12.0. The zero-order valence-corrected chi connectivity index (χ0v) is 12.8. The van der Waals surface area contributed by atoms with Crippen LogP contribution in [0.5, 0.6) is 0 Å². The van der Waals surface area contributed by atoms with Crippen LogP contribution in [0.4, 0.5) is 5.69 Å². The van der Waals surface area contributed by atoms with Gasteiger partial charge in [-0.25, -0.2) is 13.1 Å². The Morgan fingerprint density at radius 2 is 2.05 bits per heavy atom. The summed E-state index contributed by atoms with van der Waals surface area (Å²) in [6.07, 6.45) is 2.20. The van der Waals surface area contributed by atoms with E-state index in [1.54, 1.807) is 10.9 Å². The number of hydrogen-bond donors (Lipinski definition) is 1. The van der Waals surface area contributed by atoms with Crippen LogP contribution in [0.3, 0.4) is 0 Å². The molecule has 0 aliphatic carbocycles. The molecule has 1 aromatic carbocycles. The third-order valence-corrected chi connectivity index (χ3v) is 4.63. The second-order valence-electron chi connectivity index (χ2n) is 4.67. The van der Waals surface area contributed by atoms with Crippen molar-refractivity contribution in [3.8, 4) is 0 Å². The molecule has 22 heavy (non-hydrogen) atoms. The number of nitro groups is 1. The van der Waals surface area contributed by atoms with E-state index in [2.05, 4.69) is 9.82 Å². The SMILES string of the molecule is Cc1ccnn1CCCNS(=O)(=O)c1ccccc1[N+](=O)[O-]. The van der Waals surface area contributed by atoms with Crippen molar-refractivity contribution < 1.29 is 13.3 Å². The van der Waals surface area contributed by atoms with Gasteiger partial charge in [0.15, 0.2) is 4.90 Å². The lowest BCUT2D eigenvalue weighted by Crippen LogP contribution is -2.26. The molecule has 1 N–H and O–H groups in total. The topological polar surface area (TPSA) is 107 Å². The lowest BCUT2D eigenvalue weighted by molar-refractivity contribution is -0.387. The molecule has 8 nitrogen and oxygen atoms in total. The van der Waals surface area contributed by atoms with Gasteiger partial charge in [-0.2, -0.15) is 5.10 Å². The highest BCUT2D eigenvalue weighted by Gasteiger charge is 2.24. The van der Waals surface area contributed by atoms with Crippen molar-refractivity contribution in [1.82, 2.24) is 14.5 Å². The van der Waals surface area contributed by atoms with E-state index in [1.165, 1.54) is 24.3 Å². The van der Waals surface area contributed by atoms with E-state index >= 15 is 0 Å². The largest absolute Gasteiger partial charge is 0.289 e. The lowest BCUT2D eigenvalue weighted by Gasteiger charge is -2.08. The van der Waals surface area contributed by atoms with E-state index in [9.17, 15) is 18.5 Å². The summed E-state index contributed by atoms with van der Waals surface area (Å²) in [4.78, 5) is 9.86. The molecular weight excluding hydrogens is 308 g/mol. The number of rotatable bonds is 7. The van der Waals surface area contributed by atoms with Crippen molar-refractivity contribution in [2.45, 2.75) is 24.8 Å². The predicted molar refractivity (Wildman–Crippen MR) is 79.9 cm³/mol. The van der Waals surface area contributed by atoms with Gasteiger partial charge in [0.25, 0.3) is 5.69 Å². The standard InChI is InChI=1S/C13H16N4O4S/c1-11-7-9-14-16(11)10-4-8-15-22(20,21)13-6-3-2-5-12(13)17(18)19/h2-3,5-7,9,15H,4,8,10H2,1H3. The van der Waals surface area contributed by atoms with E-state index in [4.69, 9.17) is 0 Å². The Hall–Kier alpha value is -2.26. The van der Waals surface area contributed by atoms with E-state index in [0.29, 0.717) is 13.0 Å². The molecule has 2 aromatic rings. The van der Waals surface area contributed by atoms with Gasteiger partial charge in [0.05, 0.1) is 4.92 Å². The smallest absolute Gasteiger partial charge is 0.270 e. The number of sulfonamides is 1. The zero-order chi connectivity index (χ0) is 16.2. The van der Waals surface area contributed by atoms with Gasteiger partial charge in [-0.15, -0.1) is 0 Å². The minimum Gasteiger partial charge on any atom is -0.270 e. The summed E-state index contributed by atoms with van der Waals surface area (Å²) in [6, 6.07) is 7.13. The number of para-hydroxylation sites is 1. The first-order valence-corrected chi connectivity index (χ1v) is 8.11. The van der Waals surface area contributed by atoms with Crippen LogP contribution in [0.25, 0.3) is 0 Å². The molecule has 1 aromatic heterocycles. The van der Waals surface area contributed by atoms with Gasteiger partial charge < -0.3 is 0 Å². The van der Waals surface area contributed by atoms with E-state index in [1.807, 2.05) is 13.0 Å². The van der Waals surface area contributed by atoms with Crippen molar-refractivity contribution in [2.24, 2.45) is 0 Å². The van der Waals surface area contributed by atoms with Crippen LogP contribution in [0.1, 0.15) is 12.1 Å². The summed E-state index contributed by atoms with van der Waals surface area (Å²) in [5.74, 6) is 0. The third kappa shape index (κ3) is 3.68.